The number of benzene rings is 1. The maximum Gasteiger partial charge on any atom is 0.258 e. The van der Waals surface area contributed by atoms with Crippen molar-refractivity contribution in [1.82, 2.24) is 24.3 Å². The molecule has 5 rings (SSSR count). The van der Waals surface area contributed by atoms with Gasteiger partial charge in [-0.3, -0.25) is 19.8 Å². The van der Waals surface area contributed by atoms with Gasteiger partial charge in [0, 0.05) is 37.2 Å². The number of amides is 1. The molecule has 9 heteroatoms. The van der Waals surface area contributed by atoms with E-state index in [1.165, 1.54) is 5.56 Å². The van der Waals surface area contributed by atoms with Crippen LogP contribution >= 0.6 is 0 Å². The Morgan fingerprint density at radius 2 is 2.14 bits per heavy atom. The Morgan fingerprint density at radius 1 is 1.28 bits per heavy atom. The number of anilines is 1. The highest BCUT2D eigenvalue weighted by molar-refractivity contribution is 6.04. The van der Waals surface area contributed by atoms with Crippen molar-refractivity contribution in [3.63, 3.8) is 0 Å². The molecule has 0 unspecified atom stereocenters. The first-order chi connectivity index (χ1) is 17.2. The number of aliphatic hydroxyl groups is 1. The fourth-order valence-electron chi connectivity index (χ4n) is 4.63. The minimum atomic E-state index is -0.990. The lowest BCUT2D eigenvalue weighted by molar-refractivity contribution is 0.0630. The summed E-state index contributed by atoms with van der Waals surface area (Å²) in [5, 5.41) is 17.7. The first-order valence-corrected chi connectivity index (χ1v) is 12.3. The van der Waals surface area contributed by atoms with Crippen molar-refractivity contribution in [2.75, 3.05) is 11.9 Å². The van der Waals surface area contributed by atoms with E-state index in [2.05, 4.69) is 27.5 Å². The molecule has 9 nitrogen and oxygen atoms in total. The monoisotopic (exact) mass is 488 g/mol. The zero-order valence-electron chi connectivity index (χ0n) is 20.9. The number of ether oxygens (including phenoxy) is 1. The molecule has 0 aliphatic carbocycles. The number of carbonyl (C=O) groups is 1. The number of imidazole rings is 1. The van der Waals surface area contributed by atoms with Crippen molar-refractivity contribution in [3.8, 4) is 11.3 Å². The molecule has 1 fully saturated rings. The van der Waals surface area contributed by atoms with E-state index in [4.69, 9.17) is 9.72 Å². The molecule has 4 aromatic rings. The van der Waals surface area contributed by atoms with Crippen LogP contribution in [0.15, 0.2) is 48.9 Å². The van der Waals surface area contributed by atoms with E-state index in [0.29, 0.717) is 23.3 Å². The number of aryl methyl sites for hydroxylation is 2. The largest absolute Gasteiger partial charge is 0.389 e. The van der Waals surface area contributed by atoms with Crippen LogP contribution in [0.2, 0.25) is 0 Å². The molecule has 188 valence electrons. The number of nitrogens with one attached hydrogen (secondary N) is 1. The Hall–Kier alpha value is -3.56. The summed E-state index contributed by atoms with van der Waals surface area (Å²) >= 11 is 0. The van der Waals surface area contributed by atoms with Crippen molar-refractivity contribution >= 4 is 22.9 Å². The molecular weight excluding hydrogens is 456 g/mol. The van der Waals surface area contributed by atoms with Gasteiger partial charge in [-0.25, -0.2) is 4.98 Å². The van der Waals surface area contributed by atoms with Gasteiger partial charge in [-0.05, 0) is 69.4 Å². The van der Waals surface area contributed by atoms with E-state index >= 15 is 0 Å². The van der Waals surface area contributed by atoms with Crippen LogP contribution < -0.4 is 5.32 Å². The zero-order chi connectivity index (χ0) is 25.3. The van der Waals surface area contributed by atoms with Crippen LogP contribution in [-0.2, 0) is 24.8 Å². The standard InChI is InChI=1S/C27H32N6O3/c1-27(2,35)17-33-24-9-7-18(6-8-21-5-4-12-36-21)13-23(24)30-26(33)31-25(34)19-10-11-28-22(14-19)20-15-29-32(3)16-20/h7,9-11,13-16,21,35H,4-6,8,12,17H2,1-3H3,(H,30,31,34)/t21-/m0/s1. The molecule has 1 aromatic carbocycles. The molecular formula is C27H32N6O3. The van der Waals surface area contributed by atoms with Gasteiger partial charge in [0.2, 0.25) is 5.95 Å². The minimum Gasteiger partial charge on any atom is -0.389 e. The average Bonchev–Trinajstić information content (AvgIpc) is 3.58. The van der Waals surface area contributed by atoms with Crippen molar-refractivity contribution in [3.05, 3.63) is 60.0 Å². The molecule has 0 radical (unpaired) electrons. The lowest BCUT2D eigenvalue weighted by atomic mass is 10.0. The molecule has 1 aliphatic heterocycles. The van der Waals surface area contributed by atoms with Gasteiger partial charge in [-0.1, -0.05) is 6.07 Å². The van der Waals surface area contributed by atoms with Gasteiger partial charge in [0.25, 0.3) is 5.91 Å². The fourth-order valence-corrected chi connectivity index (χ4v) is 4.63. The van der Waals surface area contributed by atoms with Crippen molar-refractivity contribution < 1.29 is 14.6 Å². The highest BCUT2D eigenvalue weighted by Gasteiger charge is 2.22. The smallest absolute Gasteiger partial charge is 0.258 e. The summed E-state index contributed by atoms with van der Waals surface area (Å²) in [5.74, 6) is 0.0987. The summed E-state index contributed by atoms with van der Waals surface area (Å²) in [5.41, 5.74) is 3.79. The maximum absolute atomic E-state index is 13.2. The lowest BCUT2D eigenvalue weighted by Crippen LogP contribution is -2.27. The van der Waals surface area contributed by atoms with E-state index in [9.17, 15) is 9.90 Å². The van der Waals surface area contributed by atoms with Gasteiger partial charge in [0.05, 0.1) is 41.2 Å². The van der Waals surface area contributed by atoms with E-state index < -0.39 is 5.60 Å². The molecule has 0 spiro atoms. The quantitative estimate of drug-likeness (QED) is 0.389. The number of fused-ring (bicyclic) bond motifs is 1. The third-order valence-electron chi connectivity index (χ3n) is 6.38. The molecule has 4 heterocycles. The zero-order valence-corrected chi connectivity index (χ0v) is 20.9. The Bertz CT molecular complexity index is 1380. The number of hydrogen-bond acceptors (Lipinski definition) is 6. The third-order valence-corrected chi connectivity index (χ3v) is 6.38. The summed E-state index contributed by atoms with van der Waals surface area (Å²) in [6.07, 6.45) is 9.66. The predicted molar refractivity (Wildman–Crippen MR) is 138 cm³/mol. The van der Waals surface area contributed by atoms with Crippen LogP contribution in [0, 0.1) is 0 Å². The first kappa shape index (κ1) is 24.1. The molecule has 2 N–H and O–H groups in total. The number of pyridine rings is 1. The molecule has 36 heavy (non-hydrogen) atoms. The van der Waals surface area contributed by atoms with Gasteiger partial charge in [0.15, 0.2) is 0 Å². The van der Waals surface area contributed by atoms with Crippen molar-refractivity contribution in [2.24, 2.45) is 7.05 Å². The molecule has 1 amide bonds. The number of hydrogen-bond donors (Lipinski definition) is 2. The second kappa shape index (κ2) is 9.83. The molecule has 3 aromatic heterocycles. The number of aromatic nitrogens is 5. The van der Waals surface area contributed by atoms with Gasteiger partial charge >= 0.3 is 0 Å². The summed E-state index contributed by atoms with van der Waals surface area (Å²) in [4.78, 5) is 22.3. The van der Waals surface area contributed by atoms with Crippen LogP contribution in [0.3, 0.4) is 0 Å². The van der Waals surface area contributed by atoms with Crippen LogP contribution in [0.25, 0.3) is 22.3 Å². The highest BCUT2D eigenvalue weighted by Crippen LogP contribution is 2.26. The second-order valence-corrected chi connectivity index (χ2v) is 10.1. The normalized spacial score (nSPS) is 16.1. The summed E-state index contributed by atoms with van der Waals surface area (Å²) in [6.45, 7) is 4.62. The average molecular weight is 489 g/mol. The number of carbonyl (C=O) groups excluding carboxylic acids is 1. The SMILES string of the molecule is Cn1cc(-c2cc(C(=O)Nc3nc4cc(CC[C@@H]5CCCO5)ccc4n3CC(C)(C)O)ccn2)cn1. The molecule has 0 saturated carbocycles. The Kier molecular flexibility index (Phi) is 6.59. The summed E-state index contributed by atoms with van der Waals surface area (Å²) in [7, 11) is 1.83. The number of rotatable bonds is 8. The molecule has 1 aliphatic rings. The third kappa shape index (κ3) is 5.47. The predicted octanol–water partition coefficient (Wildman–Crippen LogP) is 3.97. The van der Waals surface area contributed by atoms with E-state index in [-0.39, 0.29) is 12.5 Å². The summed E-state index contributed by atoms with van der Waals surface area (Å²) < 4.78 is 9.31. The Balaban J connectivity index is 1.41. The van der Waals surface area contributed by atoms with Gasteiger partial charge in [0.1, 0.15) is 0 Å². The first-order valence-electron chi connectivity index (χ1n) is 12.3. The van der Waals surface area contributed by atoms with Crippen molar-refractivity contribution in [1.29, 1.82) is 0 Å². The topological polar surface area (TPSA) is 107 Å². The van der Waals surface area contributed by atoms with Crippen LogP contribution in [0.5, 0.6) is 0 Å². The molecule has 1 atom stereocenters. The maximum atomic E-state index is 13.2. The Labute approximate surface area is 210 Å². The summed E-state index contributed by atoms with van der Waals surface area (Å²) in [6, 6.07) is 9.57. The van der Waals surface area contributed by atoms with Crippen LogP contribution in [0.4, 0.5) is 5.95 Å². The molecule has 1 saturated heterocycles. The fraction of sp³-hybridized carbons (Fsp3) is 0.407. The van der Waals surface area contributed by atoms with E-state index in [0.717, 1.165) is 48.9 Å². The Morgan fingerprint density at radius 3 is 2.86 bits per heavy atom. The minimum absolute atomic E-state index is 0.283. The van der Waals surface area contributed by atoms with E-state index in [1.807, 2.05) is 23.9 Å². The lowest BCUT2D eigenvalue weighted by Gasteiger charge is -2.20. The van der Waals surface area contributed by atoms with Gasteiger partial charge in [-0.15, -0.1) is 0 Å². The van der Waals surface area contributed by atoms with E-state index in [1.54, 1.807) is 43.1 Å². The van der Waals surface area contributed by atoms with Crippen molar-refractivity contribution in [2.45, 2.75) is 57.8 Å². The number of nitrogens with zero attached hydrogens (tertiary/aromatic N) is 5. The van der Waals surface area contributed by atoms with Gasteiger partial charge in [-0.2, -0.15) is 5.10 Å². The van der Waals surface area contributed by atoms with Crippen LogP contribution in [0.1, 0.15) is 49.0 Å². The highest BCUT2D eigenvalue weighted by atomic mass is 16.5. The van der Waals surface area contributed by atoms with Gasteiger partial charge < -0.3 is 14.4 Å². The van der Waals surface area contributed by atoms with Crippen LogP contribution in [-0.4, -0.2) is 53.6 Å². The second-order valence-electron chi connectivity index (χ2n) is 10.1. The molecule has 0 bridgehead atoms.